The number of carbonyl (C=O) groups excluding carboxylic acids is 2. The molecule has 0 saturated carbocycles. The monoisotopic (exact) mass is 255 g/mol. The molecule has 0 aliphatic heterocycles. The Kier molecular flexibility index (Phi) is 4.13. The summed E-state index contributed by atoms with van der Waals surface area (Å²) in [6, 6.07) is 1.28. The van der Waals surface area contributed by atoms with E-state index in [1.807, 2.05) is 0 Å². The molecule has 0 radical (unpaired) electrons. The first-order chi connectivity index (χ1) is 8.28. The maximum atomic E-state index is 11.9. The number of esters is 2. The van der Waals surface area contributed by atoms with E-state index in [1.165, 1.54) is 13.2 Å². The van der Waals surface area contributed by atoms with Crippen LogP contribution in [0.5, 0.6) is 0 Å². The van der Waals surface area contributed by atoms with Crippen molar-refractivity contribution in [1.29, 1.82) is 0 Å². The summed E-state index contributed by atoms with van der Waals surface area (Å²) in [6.07, 6.45) is 0. The minimum atomic E-state index is -0.667. The third kappa shape index (κ3) is 3.33. The molecule has 1 aromatic rings. The molecule has 0 saturated heterocycles. The van der Waals surface area contributed by atoms with Gasteiger partial charge < -0.3 is 19.6 Å². The van der Waals surface area contributed by atoms with E-state index < -0.39 is 17.5 Å². The summed E-state index contributed by atoms with van der Waals surface area (Å²) in [7, 11) is 1.22. The second-order valence-electron chi connectivity index (χ2n) is 4.65. The fraction of sp³-hybridized carbons (Fsp3) is 0.500. The van der Waals surface area contributed by atoms with Gasteiger partial charge in [-0.05, 0) is 20.8 Å². The number of nitrogens with two attached hydrogens (primary N) is 1. The van der Waals surface area contributed by atoms with Gasteiger partial charge in [0.2, 0.25) is 5.76 Å². The summed E-state index contributed by atoms with van der Waals surface area (Å²) in [4.78, 5) is 23.2. The molecule has 0 fully saturated rings. The summed E-state index contributed by atoms with van der Waals surface area (Å²) >= 11 is 0. The molecular formula is C12H17NO5. The largest absolute Gasteiger partial charge is 0.463 e. The van der Waals surface area contributed by atoms with Gasteiger partial charge in [-0.25, -0.2) is 9.59 Å². The maximum absolute atomic E-state index is 11.9. The Hall–Kier alpha value is -1.82. The fourth-order valence-electron chi connectivity index (χ4n) is 1.29. The van der Waals surface area contributed by atoms with E-state index >= 15 is 0 Å². The number of rotatable bonds is 3. The molecule has 1 aromatic heterocycles. The molecule has 0 spiro atoms. The van der Waals surface area contributed by atoms with Crippen LogP contribution in [0.15, 0.2) is 10.5 Å². The average Bonchev–Trinajstić information content (AvgIpc) is 2.69. The molecule has 6 heteroatoms. The van der Waals surface area contributed by atoms with Crippen LogP contribution >= 0.6 is 0 Å². The molecule has 0 atom stereocenters. The van der Waals surface area contributed by atoms with Gasteiger partial charge in [0.25, 0.3) is 0 Å². The number of hydrogen-bond donors (Lipinski definition) is 1. The van der Waals surface area contributed by atoms with E-state index in [9.17, 15) is 9.59 Å². The van der Waals surface area contributed by atoms with Gasteiger partial charge in [0.15, 0.2) is 0 Å². The topological polar surface area (TPSA) is 91.8 Å². The lowest BCUT2D eigenvalue weighted by atomic mass is 10.2. The van der Waals surface area contributed by atoms with Crippen molar-refractivity contribution in [2.75, 3.05) is 7.11 Å². The summed E-state index contributed by atoms with van der Waals surface area (Å²) in [5.74, 6) is -1.12. The highest BCUT2D eigenvalue weighted by Gasteiger charge is 2.25. The first-order valence-electron chi connectivity index (χ1n) is 5.43. The van der Waals surface area contributed by atoms with Crippen LogP contribution in [0.2, 0.25) is 0 Å². The lowest BCUT2D eigenvalue weighted by Gasteiger charge is -2.19. The number of carbonyl (C=O) groups is 2. The zero-order valence-electron chi connectivity index (χ0n) is 10.9. The number of furan rings is 1. The predicted molar refractivity (Wildman–Crippen MR) is 63.1 cm³/mol. The van der Waals surface area contributed by atoms with Crippen LogP contribution in [-0.2, 0) is 16.0 Å². The highest BCUT2D eigenvalue weighted by Crippen LogP contribution is 2.20. The molecule has 2 N–H and O–H groups in total. The van der Waals surface area contributed by atoms with Crippen molar-refractivity contribution in [3.8, 4) is 0 Å². The second-order valence-corrected chi connectivity index (χ2v) is 4.65. The van der Waals surface area contributed by atoms with Gasteiger partial charge in [0, 0.05) is 6.07 Å². The summed E-state index contributed by atoms with van der Waals surface area (Å²) in [5, 5.41) is 0. The van der Waals surface area contributed by atoms with Crippen molar-refractivity contribution in [1.82, 2.24) is 0 Å². The third-order valence-corrected chi connectivity index (χ3v) is 2.00. The number of methoxy groups -OCH3 is 1. The van der Waals surface area contributed by atoms with E-state index in [4.69, 9.17) is 14.9 Å². The average molecular weight is 255 g/mol. The molecule has 0 bridgehead atoms. The van der Waals surface area contributed by atoms with E-state index in [0.29, 0.717) is 0 Å². The van der Waals surface area contributed by atoms with Crippen LogP contribution in [0.1, 0.15) is 47.4 Å². The Morgan fingerprint density at radius 2 is 1.94 bits per heavy atom. The van der Waals surface area contributed by atoms with Gasteiger partial charge in [0.1, 0.15) is 16.9 Å². The second kappa shape index (κ2) is 5.22. The highest BCUT2D eigenvalue weighted by molar-refractivity contribution is 5.95. The minimum absolute atomic E-state index is 0.00836. The molecule has 0 unspecified atom stereocenters. The van der Waals surface area contributed by atoms with Crippen molar-refractivity contribution in [3.05, 3.63) is 23.2 Å². The fourth-order valence-corrected chi connectivity index (χ4v) is 1.29. The van der Waals surface area contributed by atoms with Crippen molar-refractivity contribution in [3.63, 3.8) is 0 Å². The van der Waals surface area contributed by atoms with Crippen LogP contribution < -0.4 is 5.73 Å². The van der Waals surface area contributed by atoms with Gasteiger partial charge in [-0.3, -0.25) is 0 Å². The van der Waals surface area contributed by atoms with Gasteiger partial charge in [-0.1, -0.05) is 0 Å². The van der Waals surface area contributed by atoms with E-state index in [1.54, 1.807) is 20.8 Å². The molecule has 0 aromatic carbocycles. The Bertz CT molecular complexity index is 456. The van der Waals surface area contributed by atoms with E-state index in [2.05, 4.69) is 4.74 Å². The molecule has 18 heavy (non-hydrogen) atoms. The van der Waals surface area contributed by atoms with Crippen LogP contribution in [0.3, 0.4) is 0 Å². The van der Waals surface area contributed by atoms with Crippen molar-refractivity contribution in [2.45, 2.75) is 32.9 Å². The summed E-state index contributed by atoms with van der Waals surface area (Å²) in [6.45, 7) is 5.22. The molecule has 0 amide bonds. The molecule has 6 nitrogen and oxygen atoms in total. The van der Waals surface area contributed by atoms with Gasteiger partial charge in [0.05, 0.1) is 13.7 Å². The Morgan fingerprint density at radius 1 is 1.33 bits per heavy atom. The first-order valence-corrected chi connectivity index (χ1v) is 5.43. The zero-order valence-corrected chi connectivity index (χ0v) is 10.9. The smallest absolute Gasteiger partial charge is 0.373 e. The Morgan fingerprint density at radius 3 is 2.39 bits per heavy atom. The normalized spacial score (nSPS) is 11.2. The first kappa shape index (κ1) is 14.2. The van der Waals surface area contributed by atoms with Crippen LogP contribution in [0, 0.1) is 0 Å². The minimum Gasteiger partial charge on any atom is -0.463 e. The standard InChI is InChI=1S/C12H17NO5/c1-12(2,3)18-10(14)7-5-8(11(15)16-4)17-9(7)6-13/h5H,6,13H2,1-4H3. The highest BCUT2D eigenvalue weighted by atomic mass is 16.6. The van der Waals surface area contributed by atoms with Crippen molar-refractivity contribution in [2.24, 2.45) is 5.73 Å². The van der Waals surface area contributed by atoms with Crippen LogP contribution in [0.4, 0.5) is 0 Å². The van der Waals surface area contributed by atoms with Crippen molar-refractivity contribution < 1.29 is 23.5 Å². The van der Waals surface area contributed by atoms with E-state index in [-0.39, 0.29) is 23.6 Å². The Labute approximate surface area is 105 Å². The van der Waals surface area contributed by atoms with E-state index in [0.717, 1.165) is 0 Å². The third-order valence-electron chi connectivity index (χ3n) is 2.00. The molecule has 1 rings (SSSR count). The number of ether oxygens (including phenoxy) is 2. The van der Waals surface area contributed by atoms with Crippen LogP contribution in [-0.4, -0.2) is 24.6 Å². The molecule has 0 aliphatic rings. The van der Waals surface area contributed by atoms with Crippen LogP contribution in [0.25, 0.3) is 0 Å². The molecule has 0 aliphatic carbocycles. The number of hydrogen-bond acceptors (Lipinski definition) is 6. The summed E-state index contributed by atoms with van der Waals surface area (Å²) in [5.41, 5.74) is 4.97. The summed E-state index contributed by atoms with van der Waals surface area (Å²) < 4.78 is 14.8. The maximum Gasteiger partial charge on any atom is 0.373 e. The zero-order chi connectivity index (χ0) is 13.9. The molecule has 100 valence electrons. The molecule has 1 heterocycles. The van der Waals surface area contributed by atoms with Gasteiger partial charge >= 0.3 is 11.9 Å². The predicted octanol–water partition coefficient (Wildman–Crippen LogP) is 1.48. The SMILES string of the molecule is COC(=O)c1cc(C(=O)OC(C)(C)C)c(CN)o1. The van der Waals surface area contributed by atoms with Gasteiger partial charge in [-0.15, -0.1) is 0 Å². The lowest BCUT2D eigenvalue weighted by Crippen LogP contribution is -2.24. The van der Waals surface area contributed by atoms with Gasteiger partial charge in [-0.2, -0.15) is 0 Å². The quantitative estimate of drug-likeness (QED) is 0.822. The molecular weight excluding hydrogens is 238 g/mol. The Balaban J connectivity index is 3.04. The lowest BCUT2D eigenvalue weighted by molar-refractivity contribution is 0.00670. The van der Waals surface area contributed by atoms with Crippen molar-refractivity contribution >= 4 is 11.9 Å².